The van der Waals surface area contributed by atoms with Gasteiger partial charge in [-0.1, -0.05) is 19.1 Å². The van der Waals surface area contributed by atoms with Crippen LogP contribution < -0.4 is 10.0 Å². The summed E-state index contributed by atoms with van der Waals surface area (Å²) < 4.78 is 27.4. The number of amides is 2. The summed E-state index contributed by atoms with van der Waals surface area (Å²) in [6.07, 6.45) is 10.9. The highest BCUT2D eigenvalue weighted by Gasteiger charge is 2.34. The number of hydrogen-bond acceptors (Lipinski definition) is 4. The Morgan fingerprint density at radius 1 is 1.13 bits per heavy atom. The first kappa shape index (κ1) is 21.4. The van der Waals surface area contributed by atoms with Gasteiger partial charge in [-0.15, -0.1) is 0 Å². The number of fused-ring (bicyclic) bond motifs is 2. The van der Waals surface area contributed by atoms with E-state index in [2.05, 4.69) is 34.9 Å². The van der Waals surface area contributed by atoms with E-state index >= 15 is 0 Å². The van der Waals surface area contributed by atoms with Crippen LogP contribution in [0, 0.1) is 0 Å². The van der Waals surface area contributed by atoms with Gasteiger partial charge < -0.3 is 5.32 Å². The normalized spacial score (nSPS) is 23.7. The van der Waals surface area contributed by atoms with Gasteiger partial charge in [-0.25, -0.2) is 17.9 Å². The highest BCUT2D eigenvalue weighted by Crippen LogP contribution is 2.38. The molecule has 4 rings (SSSR count). The molecule has 1 unspecified atom stereocenters. The average molecular weight is 432 g/mol. The quantitative estimate of drug-likeness (QED) is 0.716. The van der Waals surface area contributed by atoms with Crippen molar-refractivity contribution in [3.05, 3.63) is 39.8 Å². The second kappa shape index (κ2) is 8.35. The van der Waals surface area contributed by atoms with Gasteiger partial charge in [-0.2, -0.15) is 0 Å². The number of urea groups is 1. The van der Waals surface area contributed by atoms with E-state index in [9.17, 15) is 13.2 Å². The van der Waals surface area contributed by atoms with Crippen LogP contribution in [0.4, 0.5) is 10.5 Å². The number of carbonyl (C=O) groups is 1. The summed E-state index contributed by atoms with van der Waals surface area (Å²) in [5, 5.41) is 4.06. The number of anilines is 1. The first-order chi connectivity index (χ1) is 14.3. The number of aryl methyl sites for hydroxylation is 2. The van der Waals surface area contributed by atoms with Crippen molar-refractivity contribution in [1.29, 1.82) is 0 Å². The predicted octanol–water partition coefficient (Wildman–Crippen LogP) is 3.89. The van der Waals surface area contributed by atoms with E-state index in [1.165, 1.54) is 27.7 Å². The molecule has 2 N–H and O–H groups in total. The van der Waals surface area contributed by atoms with Crippen molar-refractivity contribution in [3.8, 4) is 0 Å². The third-order valence-electron chi connectivity index (χ3n) is 6.88. The van der Waals surface area contributed by atoms with Crippen molar-refractivity contribution in [2.45, 2.75) is 77.2 Å². The van der Waals surface area contributed by atoms with Gasteiger partial charge in [0.15, 0.2) is 0 Å². The van der Waals surface area contributed by atoms with Crippen molar-refractivity contribution in [3.63, 3.8) is 0 Å². The largest absolute Gasteiger partial charge is 0.333 e. The molecule has 1 atom stereocenters. The standard InChI is InChI=1S/C23H33N3O3S/c1-3-13-26-14-6-11-23(26,2)12-15-30(28,29)25-22(27)24-21-19-9-4-7-17(19)16-18-8-5-10-20(18)21/h12,15-16H,3-11,13-14H2,1-2H3,(H2,24,25,27)/b15-12+. The van der Waals surface area contributed by atoms with Gasteiger partial charge in [-0.3, -0.25) is 4.90 Å². The maximum absolute atomic E-state index is 12.6. The molecule has 2 amide bonds. The van der Waals surface area contributed by atoms with Crippen LogP contribution in [0.5, 0.6) is 0 Å². The molecule has 1 fully saturated rings. The highest BCUT2D eigenvalue weighted by molar-refractivity contribution is 7.92. The van der Waals surface area contributed by atoms with Crippen LogP contribution in [0.1, 0.15) is 68.2 Å². The molecule has 1 aromatic carbocycles. The summed E-state index contributed by atoms with van der Waals surface area (Å²) in [5.41, 5.74) is 5.56. The number of nitrogens with one attached hydrogen (secondary N) is 2. The SMILES string of the molecule is CCCN1CCCC1(C)/C=C/S(=O)(=O)NC(=O)Nc1c2c(cc3c1CCC3)CCC2. The van der Waals surface area contributed by atoms with Gasteiger partial charge >= 0.3 is 6.03 Å². The Kier molecular flexibility index (Phi) is 5.95. The van der Waals surface area contributed by atoms with Gasteiger partial charge in [-0.05, 0) is 100 Å². The molecule has 0 saturated carbocycles. The van der Waals surface area contributed by atoms with Crippen LogP contribution >= 0.6 is 0 Å². The topological polar surface area (TPSA) is 78.5 Å². The zero-order valence-electron chi connectivity index (χ0n) is 18.1. The van der Waals surface area contributed by atoms with Crippen LogP contribution in [-0.2, 0) is 35.7 Å². The maximum atomic E-state index is 12.6. The number of nitrogens with zero attached hydrogens (tertiary/aromatic N) is 1. The molecule has 2 aliphatic carbocycles. The minimum Gasteiger partial charge on any atom is -0.307 e. The molecule has 1 saturated heterocycles. The molecule has 0 spiro atoms. The minimum atomic E-state index is -3.86. The number of rotatable bonds is 6. The van der Waals surface area contributed by atoms with E-state index in [0.29, 0.717) is 0 Å². The van der Waals surface area contributed by atoms with E-state index in [1.54, 1.807) is 6.08 Å². The Morgan fingerprint density at radius 2 is 1.80 bits per heavy atom. The van der Waals surface area contributed by atoms with Gasteiger partial charge in [0.05, 0.1) is 0 Å². The van der Waals surface area contributed by atoms with Crippen LogP contribution in [0.2, 0.25) is 0 Å². The Balaban J connectivity index is 1.47. The molecule has 0 bridgehead atoms. The van der Waals surface area contributed by atoms with Crippen LogP contribution in [0.3, 0.4) is 0 Å². The van der Waals surface area contributed by atoms with E-state index < -0.39 is 16.1 Å². The molecular formula is C23H33N3O3S. The molecule has 7 heteroatoms. The van der Waals surface area contributed by atoms with E-state index in [0.717, 1.165) is 76.6 Å². The lowest BCUT2D eigenvalue weighted by atomic mass is 9.99. The van der Waals surface area contributed by atoms with E-state index in [4.69, 9.17) is 0 Å². The summed E-state index contributed by atoms with van der Waals surface area (Å²) in [6.45, 7) is 6.12. The molecule has 3 aliphatic rings. The first-order valence-electron chi connectivity index (χ1n) is 11.3. The molecule has 0 aromatic heterocycles. The summed E-state index contributed by atoms with van der Waals surface area (Å²) >= 11 is 0. The van der Waals surface area contributed by atoms with Crippen molar-refractivity contribution < 1.29 is 13.2 Å². The third-order valence-corrected chi connectivity index (χ3v) is 7.84. The van der Waals surface area contributed by atoms with Gasteiger partial charge in [0.25, 0.3) is 10.0 Å². The molecular weight excluding hydrogens is 398 g/mol. The van der Waals surface area contributed by atoms with Crippen molar-refractivity contribution >= 4 is 21.7 Å². The maximum Gasteiger partial charge on any atom is 0.333 e. The zero-order valence-corrected chi connectivity index (χ0v) is 18.9. The number of carbonyl (C=O) groups excluding carboxylic acids is 1. The van der Waals surface area contributed by atoms with Gasteiger partial charge in [0, 0.05) is 16.6 Å². The van der Waals surface area contributed by atoms with Gasteiger partial charge in [0.2, 0.25) is 0 Å². The van der Waals surface area contributed by atoms with Crippen molar-refractivity contribution in [2.24, 2.45) is 0 Å². The smallest absolute Gasteiger partial charge is 0.307 e. The Morgan fingerprint density at radius 3 is 2.43 bits per heavy atom. The summed E-state index contributed by atoms with van der Waals surface area (Å²) in [7, 11) is -3.86. The minimum absolute atomic E-state index is 0.275. The van der Waals surface area contributed by atoms with Gasteiger partial charge in [0.1, 0.15) is 0 Å². The fourth-order valence-electron chi connectivity index (χ4n) is 5.37. The molecule has 1 aromatic rings. The summed E-state index contributed by atoms with van der Waals surface area (Å²) in [5.74, 6) is 0. The first-order valence-corrected chi connectivity index (χ1v) is 12.8. The lowest BCUT2D eigenvalue weighted by molar-refractivity contribution is 0.203. The molecule has 0 radical (unpaired) electrons. The Hall–Kier alpha value is -1.86. The molecule has 6 nitrogen and oxygen atoms in total. The fraction of sp³-hybridized carbons (Fsp3) is 0.609. The fourth-order valence-corrected chi connectivity index (χ4v) is 6.22. The van der Waals surface area contributed by atoms with Crippen molar-refractivity contribution in [2.75, 3.05) is 18.4 Å². The predicted molar refractivity (Wildman–Crippen MR) is 120 cm³/mol. The lowest BCUT2D eigenvalue weighted by Gasteiger charge is -2.32. The zero-order chi connectivity index (χ0) is 21.4. The molecule has 30 heavy (non-hydrogen) atoms. The Bertz CT molecular complexity index is 938. The summed E-state index contributed by atoms with van der Waals surface area (Å²) in [6, 6.07) is 1.62. The lowest BCUT2D eigenvalue weighted by Crippen LogP contribution is -2.40. The van der Waals surface area contributed by atoms with Crippen LogP contribution in [0.25, 0.3) is 0 Å². The number of hydrogen-bond donors (Lipinski definition) is 2. The summed E-state index contributed by atoms with van der Waals surface area (Å²) in [4.78, 5) is 14.9. The van der Waals surface area contributed by atoms with E-state index in [1.807, 2.05) is 0 Å². The van der Waals surface area contributed by atoms with E-state index in [-0.39, 0.29) is 5.54 Å². The van der Waals surface area contributed by atoms with Crippen LogP contribution in [0.15, 0.2) is 17.6 Å². The molecule has 1 aliphatic heterocycles. The number of likely N-dealkylation sites (tertiary alicyclic amines) is 1. The molecule has 164 valence electrons. The van der Waals surface area contributed by atoms with Crippen molar-refractivity contribution in [1.82, 2.24) is 9.62 Å². The monoisotopic (exact) mass is 431 g/mol. The average Bonchev–Trinajstić information content (AvgIpc) is 3.41. The number of sulfonamides is 1. The van der Waals surface area contributed by atoms with Crippen LogP contribution in [-0.4, -0.2) is 38.0 Å². The third kappa shape index (κ3) is 4.28. The Labute approximate surface area is 180 Å². The second-order valence-electron chi connectivity index (χ2n) is 9.09. The highest BCUT2D eigenvalue weighted by atomic mass is 32.2. The molecule has 1 heterocycles. The number of benzene rings is 1. The second-order valence-corrected chi connectivity index (χ2v) is 10.7.